The molecule has 1 aromatic carbocycles. The topological polar surface area (TPSA) is 55.1 Å². The van der Waals surface area contributed by atoms with Crippen molar-refractivity contribution in [3.63, 3.8) is 0 Å². The number of nitrogens with one attached hydrogen (secondary N) is 1. The smallest absolute Gasteiger partial charge is 0.234 e. The van der Waals surface area contributed by atoms with Gasteiger partial charge < -0.3 is 5.32 Å². The molecule has 0 amide bonds. The van der Waals surface area contributed by atoms with E-state index in [-0.39, 0.29) is 0 Å². The van der Waals surface area contributed by atoms with Gasteiger partial charge in [-0.3, -0.25) is 0 Å². The first-order valence-electron chi connectivity index (χ1n) is 6.37. The molecule has 96 valence electrons. The lowest BCUT2D eigenvalue weighted by Crippen LogP contribution is -2.43. The van der Waals surface area contributed by atoms with Crippen molar-refractivity contribution in [2.45, 2.75) is 6.42 Å². The summed E-state index contributed by atoms with van der Waals surface area (Å²) in [6, 6.07) is 10.1. The predicted molar refractivity (Wildman–Crippen MR) is 74.2 cm³/mol. The molecule has 5 nitrogen and oxygen atoms in total. The van der Waals surface area contributed by atoms with Gasteiger partial charge in [-0.1, -0.05) is 41.7 Å². The molecule has 0 saturated carbocycles. The highest BCUT2D eigenvalue weighted by atomic mass is 32.1. The monoisotopic (exact) mass is 271 g/mol. The molecule has 0 spiro atoms. The van der Waals surface area contributed by atoms with Gasteiger partial charge in [0.15, 0.2) is 5.82 Å². The average Bonchev–Trinajstić information content (AvgIpc) is 2.94. The maximum Gasteiger partial charge on any atom is 0.234 e. The van der Waals surface area contributed by atoms with Crippen LogP contribution in [0.1, 0.15) is 5.01 Å². The summed E-state index contributed by atoms with van der Waals surface area (Å²) in [5, 5.41) is 17.5. The van der Waals surface area contributed by atoms with Crippen LogP contribution < -0.4 is 5.32 Å². The SMILES string of the molecule is c1ccc(-c2nnc3sc(CC4CNC4)nn23)cc1. The van der Waals surface area contributed by atoms with Crippen LogP contribution in [0.15, 0.2) is 30.3 Å². The van der Waals surface area contributed by atoms with E-state index < -0.39 is 0 Å². The molecule has 0 bridgehead atoms. The quantitative estimate of drug-likeness (QED) is 0.786. The number of hydrogen-bond acceptors (Lipinski definition) is 5. The van der Waals surface area contributed by atoms with Crippen molar-refractivity contribution in [2.24, 2.45) is 5.92 Å². The Morgan fingerprint density at radius 2 is 2.05 bits per heavy atom. The lowest BCUT2D eigenvalue weighted by molar-refractivity contribution is 0.345. The standard InChI is InChI=1S/C13H13N5S/c1-2-4-10(5-3-1)12-15-16-13-18(12)17-11(19-13)6-9-7-14-8-9/h1-5,9,14H,6-8H2. The van der Waals surface area contributed by atoms with E-state index in [2.05, 4.69) is 20.6 Å². The van der Waals surface area contributed by atoms with Crippen LogP contribution in [0.4, 0.5) is 0 Å². The Morgan fingerprint density at radius 3 is 2.79 bits per heavy atom. The minimum atomic E-state index is 0.726. The summed E-state index contributed by atoms with van der Waals surface area (Å²) in [5.74, 6) is 1.55. The maximum absolute atomic E-state index is 4.65. The third-order valence-corrected chi connectivity index (χ3v) is 4.32. The van der Waals surface area contributed by atoms with Crippen molar-refractivity contribution < 1.29 is 0 Å². The van der Waals surface area contributed by atoms with E-state index in [1.54, 1.807) is 11.3 Å². The van der Waals surface area contributed by atoms with E-state index >= 15 is 0 Å². The normalized spacial score (nSPS) is 15.8. The first kappa shape index (κ1) is 11.1. The second-order valence-corrected chi connectivity index (χ2v) is 5.85. The molecule has 0 aliphatic carbocycles. The molecular formula is C13H13N5S. The predicted octanol–water partition coefficient (Wildman–Crippen LogP) is 1.61. The zero-order valence-electron chi connectivity index (χ0n) is 10.3. The Balaban J connectivity index is 1.72. The Labute approximate surface area is 114 Å². The number of aromatic nitrogens is 4. The molecule has 1 aliphatic rings. The van der Waals surface area contributed by atoms with Crippen molar-refractivity contribution in [2.75, 3.05) is 13.1 Å². The fourth-order valence-electron chi connectivity index (χ4n) is 2.25. The van der Waals surface area contributed by atoms with Gasteiger partial charge in [0.05, 0.1) is 0 Å². The summed E-state index contributed by atoms with van der Waals surface area (Å²) in [5.41, 5.74) is 1.05. The van der Waals surface area contributed by atoms with E-state index in [1.165, 1.54) is 0 Å². The van der Waals surface area contributed by atoms with Crippen LogP contribution in [0.2, 0.25) is 0 Å². The summed E-state index contributed by atoms with van der Waals surface area (Å²) in [4.78, 5) is 0.876. The highest BCUT2D eigenvalue weighted by molar-refractivity contribution is 7.16. The highest BCUT2D eigenvalue weighted by Crippen LogP contribution is 2.23. The van der Waals surface area contributed by atoms with Crippen LogP contribution in [0.3, 0.4) is 0 Å². The van der Waals surface area contributed by atoms with E-state index in [1.807, 2.05) is 34.8 Å². The van der Waals surface area contributed by atoms with Gasteiger partial charge in [0.1, 0.15) is 5.01 Å². The van der Waals surface area contributed by atoms with Crippen LogP contribution in [-0.2, 0) is 6.42 Å². The van der Waals surface area contributed by atoms with Gasteiger partial charge in [-0.05, 0) is 19.0 Å². The van der Waals surface area contributed by atoms with E-state index in [0.29, 0.717) is 0 Å². The first-order chi connectivity index (χ1) is 9.40. The fourth-order valence-corrected chi connectivity index (χ4v) is 3.19. The van der Waals surface area contributed by atoms with Crippen LogP contribution in [0.5, 0.6) is 0 Å². The molecule has 3 aromatic rings. The molecule has 1 N–H and O–H groups in total. The fraction of sp³-hybridized carbons (Fsp3) is 0.308. The summed E-state index contributed by atoms with van der Waals surface area (Å²) in [6.45, 7) is 2.21. The summed E-state index contributed by atoms with van der Waals surface area (Å²) < 4.78 is 1.86. The lowest BCUT2D eigenvalue weighted by atomic mass is 10.0. The van der Waals surface area contributed by atoms with Gasteiger partial charge in [-0.25, -0.2) is 0 Å². The third kappa shape index (κ3) is 1.93. The van der Waals surface area contributed by atoms with Crippen LogP contribution in [0.25, 0.3) is 16.3 Å². The number of rotatable bonds is 3. The zero-order valence-corrected chi connectivity index (χ0v) is 11.1. The van der Waals surface area contributed by atoms with Gasteiger partial charge in [0, 0.05) is 12.0 Å². The molecule has 1 aliphatic heterocycles. The Hall–Kier alpha value is -1.79. The van der Waals surface area contributed by atoms with Crippen molar-refractivity contribution in [3.05, 3.63) is 35.3 Å². The van der Waals surface area contributed by atoms with Gasteiger partial charge in [-0.2, -0.15) is 9.61 Å². The van der Waals surface area contributed by atoms with Gasteiger partial charge in [-0.15, -0.1) is 10.2 Å². The van der Waals surface area contributed by atoms with Crippen LogP contribution in [-0.4, -0.2) is 32.9 Å². The van der Waals surface area contributed by atoms with Crippen LogP contribution in [0, 0.1) is 5.92 Å². The molecule has 6 heteroatoms. The summed E-state index contributed by atoms with van der Waals surface area (Å²) in [6.07, 6.45) is 1.04. The van der Waals surface area contributed by atoms with E-state index in [0.717, 1.165) is 46.8 Å². The first-order valence-corrected chi connectivity index (χ1v) is 7.19. The Kier molecular flexibility index (Phi) is 2.56. The Bertz CT molecular complexity index is 698. The molecule has 2 aromatic heterocycles. The van der Waals surface area contributed by atoms with Crippen molar-refractivity contribution in [1.82, 2.24) is 25.1 Å². The van der Waals surface area contributed by atoms with Crippen molar-refractivity contribution >= 4 is 16.3 Å². The second kappa shape index (κ2) is 4.40. The third-order valence-electron chi connectivity index (χ3n) is 3.39. The highest BCUT2D eigenvalue weighted by Gasteiger charge is 2.20. The molecule has 1 saturated heterocycles. The van der Waals surface area contributed by atoms with Gasteiger partial charge in [0.25, 0.3) is 0 Å². The Morgan fingerprint density at radius 1 is 1.21 bits per heavy atom. The average molecular weight is 271 g/mol. The summed E-state index contributed by atoms with van der Waals surface area (Å²) >= 11 is 1.64. The maximum atomic E-state index is 4.65. The zero-order chi connectivity index (χ0) is 12.7. The molecule has 19 heavy (non-hydrogen) atoms. The molecule has 3 heterocycles. The van der Waals surface area contributed by atoms with Crippen molar-refractivity contribution in [3.8, 4) is 11.4 Å². The van der Waals surface area contributed by atoms with Crippen molar-refractivity contribution in [1.29, 1.82) is 0 Å². The van der Waals surface area contributed by atoms with E-state index in [4.69, 9.17) is 0 Å². The minimum absolute atomic E-state index is 0.726. The molecule has 0 atom stereocenters. The molecule has 0 unspecified atom stereocenters. The largest absolute Gasteiger partial charge is 0.316 e. The van der Waals surface area contributed by atoms with E-state index in [9.17, 15) is 0 Å². The number of fused-ring (bicyclic) bond motifs is 1. The number of hydrogen-bond donors (Lipinski definition) is 1. The number of nitrogens with zero attached hydrogens (tertiary/aromatic N) is 4. The summed E-state index contributed by atoms with van der Waals surface area (Å²) in [7, 11) is 0. The van der Waals surface area contributed by atoms with Gasteiger partial charge in [0.2, 0.25) is 4.96 Å². The molecule has 0 radical (unpaired) electrons. The van der Waals surface area contributed by atoms with Crippen LogP contribution >= 0.6 is 11.3 Å². The molecule has 1 fully saturated rings. The van der Waals surface area contributed by atoms with Gasteiger partial charge >= 0.3 is 0 Å². The minimum Gasteiger partial charge on any atom is -0.316 e. The lowest BCUT2D eigenvalue weighted by Gasteiger charge is -2.25. The molecular weight excluding hydrogens is 258 g/mol. The molecule has 4 rings (SSSR count). The number of benzene rings is 1. The second-order valence-electron chi connectivity index (χ2n) is 4.81.